The molecule has 2 heterocycles. The topological polar surface area (TPSA) is 118 Å². The molecule has 10 heteroatoms. The number of carbonyl (C=O) groups excluding carboxylic acids is 3. The maximum absolute atomic E-state index is 13.5. The molecule has 9 nitrogen and oxygen atoms in total. The van der Waals surface area contributed by atoms with E-state index in [0.29, 0.717) is 16.9 Å². The summed E-state index contributed by atoms with van der Waals surface area (Å²) in [6.07, 6.45) is 3.45. The van der Waals surface area contributed by atoms with Crippen molar-refractivity contribution in [3.63, 3.8) is 0 Å². The molecule has 180 valence electrons. The van der Waals surface area contributed by atoms with Gasteiger partial charge in [0, 0.05) is 36.9 Å². The summed E-state index contributed by atoms with van der Waals surface area (Å²) in [5, 5.41) is 3.30. The van der Waals surface area contributed by atoms with Crippen LogP contribution in [0.4, 0.5) is 0 Å². The normalized spacial score (nSPS) is 22.4. The Morgan fingerprint density at radius 3 is 2.32 bits per heavy atom. The van der Waals surface area contributed by atoms with Gasteiger partial charge < -0.3 is 25.6 Å². The maximum atomic E-state index is 13.5. The van der Waals surface area contributed by atoms with Crippen LogP contribution in [0.3, 0.4) is 0 Å². The van der Waals surface area contributed by atoms with Crippen molar-refractivity contribution in [1.29, 1.82) is 0 Å². The second-order valence-electron chi connectivity index (χ2n) is 8.59. The Hall–Kier alpha value is -3.17. The summed E-state index contributed by atoms with van der Waals surface area (Å²) >= 11 is 5.86. The van der Waals surface area contributed by atoms with Crippen LogP contribution in [0.15, 0.2) is 42.6 Å². The molecule has 1 aromatic heterocycles. The van der Waals surface area contributed by atoms with Crippen molar-refractivity contribution in [1.82, 2.24) is 20.1 Å². The number of ether oxygens (including phenoxy) is 1. The van der Waals surface area contributed by atoms with E-state index in [1.54, 1.807) is 30.3 Å². The van der Waals surface area contributed by atoms with Gasteiger partial charge in [0.15, 0.2) is 6.17 Å². The molecule has 34 heavy (non-hydrogen) atoms. The monoisotopic (exact) mass is 485 g/mol. The van der Waals surface area contributed by atoms with Gasteiger partial charge in [0.2, 0.25) is 0 Å². The highest BCUT2D eigenvalue weighted by molar-refractivity contribution is 6.29. The van der Waals surface area contributed by atoms with Gasteiger partial charge in [0.05, 0.1) is 12.7 Å². The predicted molar refractivity (Wildman–Crippen MR) is 126 cm³/mol. The van der Waals surface area contributed by atoms with Crippen molar-refractivity contribution >= 4 is 29.3 Å². The SMILES string of the molecule is COc1cccc(C(=O)N2CCN(C(=O)c3ccc(Cl)nc3)C2C(=O)NC2CCC(N)CC2)c1. The molecular formula is C24H28ClN5O4. The Labute approximate surface area is 203 Å². The highest BCUT2D eigenvalue weighted by Crippen LogP contribution is 2.24. The molecular weight excluding hydrogens is 458 g/mol. The lowest BCUT2D eigenvalue weighted by molar-refractivity contribution is -0.129. The van der Waals surface area contributed by atoms with E-state index in [0.717, 1.165) is 25.7 Å². The van der Waals surface area contributed by atoms with Gasteiger partial charge in [-0.1, -0.05) is 17.7 Å². The molecule has 1 aromatic carbocycles. The van der Waals surface area contributed by atoms with Crippen LogP contribution in [0, 0.1) is 0 Å². The van der Waals surface area contributed by atoms with Crippen molar-refractivity contribution in [2.75, 3.05) is 20.2 Å². The van der Waals surface area contributed by atoms with Crippen molar-refractivity contribution < 1.29 is 19.1 Å². The lowest BCUT2D eigenvalue weighted by Crippen LogP contribution is -2.56. The minimum absolute atomic E-state index is 0.0455. The highest BCUT2D eigenvalue weighted by Gasteiger charge is 2.44. The van der Waals surface area contributed by atoms with Crippen LogP contribution in [-0.4, -0.2) is 71.0 Å². The summed E-state index contributed by atoms with van der Waals surface area (Å²) in [5.41, 5.74) is 6.66. The summed E-state index contributed by atoms with van der Waals surface area (Å²) in [6, 6.07) is 9.90. The van der Waals surface area contributed by atoms with E-state index in [-0.39, 0.29) is 42.1 Å². The number of pyridine rings is 1. The number of nitrogens with one attached hydrogen (secondary N) is 1. The molecule has 3 N–H and O–H groups in total. The van der Waals surface area contributed by atoms with Crippen LogP contribution in [0.1, 0.15) is 46.4 Å². The van der Waals surface area contributed by atoms with Gasteiger partial charge in [0.25, 0.3) is 17.7 Å². The minimum Gasteiger partial charge on any atom is -0.497 e. The molecule has 1 unspecified atom stereocenters. The Morgan fingerprint density at radius 2 is 1.71 bits per heavy atom. The van der Waals surface area contributed by atoms with Gasteiger partial charge in [0.1, 0.15) is 10.9 Å². The van der Waals surface area contributed by atoms with E-state index in [1.165, 1.54) is 29.2 Å². The van der Waals surface area contributed by atoms with Gasteiger partial charge in [-0.2, -0.15) is 0 Å². The third-order valence-electron chi connectivity index (χ3n) is 6.34. The first kappa shape index (κ1) is 24.0. The molecule has 1 saturated carbocycles. The average molecular weight is 486 g/mol. The van der Waals surface area contributed by atoms with Crippen molar-refractivity contribution in [2.45, 2.75) is 43.9 Å². The lowest BCUT2D eigenvalue weighted by atomic mass is 9.92. The zero-order valence-electron chi connectivity index (χ0n) is 18.9. The minimum atomic E-state index is -1.09. The average Bonchev–Trinajstić information content (AvgIpc) is 3.30. The van der Waals surface area contributed by atoms with E-state index in [2.05, 4.69) is 10.3 Å². The van der Waals surface area contributed by atoms with Crippen molar-refractivity contribution in [3.05, 3.63) is 58.9 Å². The fourth-order valence-electron chi connectivity index (χ4n) is 4.47. The first-order chi connectivity index (χ1) is 16.4. The molecule has 1 aliphatic heterocycles. The van der Waals surface area contributed by atoms with E-state index in [1.807, 2.05) is 0 Å². The number of benzene rings is 1. The molecule has 4 rings (SSSR count). The van der Waals surface area contributed by atoms with Crippen LogP contribution in [0.25, 0.3) is 0 Å². The van der Waals surface area contributed by atoms with Crippen LogP contribution < -0.4 is 15.8 Å². The van der Waals surface area contributed by atoms with E-state index in [4.69, 9.17) is 22.1 Å². The third-order valence-corrected chi connectivity index (χ3v) is 6.56. The van der Waals surface area contributed by atoms with Gasteiger partial charge in [-0.25, -0.2) is 4.98 Å². The van der Waals surface area contributed by atoms with Gasteiger partial charge in [-0.3, -0.25) is 14.4 Å². The summed E-state index contributed by atoms with van der Waals surface area (Å²) in [5.74, 6) is -0.598. The number of nitrogens with two attached hydrogens (primary N) is 1. The Balaban J connectivity index is 1.60. The van der Waals surface area contributed by atoms with Gasteiger partial charge >= 0.3 is 0 Å². The molecule has 0 radical (unpaired) electrons. The molecule has 2 fully saturated rings. The molecule has 1 atom stereocenters. The molecule has 2 aliphatic rings. The van der Waals surface area contributed by atoms with Crippen LogP contribution in [-0.2, 0) is 4.79 Å². The number of amides is 3. The standard InChI is InChI=1S/C24H28ClN5O4/c1-34-19-4-2-3-15(13-19)23(32)29-11-12-30(24(33)16-5-10-20(25)27-14-16)22(29)21(31)28-18-8-6-17(26)7-9-18/h2-5,10,13-14,17-18,22H,6-9,11-12,26H2,1H3,(H,28,31). The summed E-state index contributed by atoms with van der Waals surface area (Å²) in [4.78, 5) is 47.0. The maximum Gasteiger partial charge on any atom is 0.264 e. The second kappa shape index (κ2) is 10.4. The smallest absolute Gasteiger partial charge is 0.264 e. The number of nitrogens with zero attached hydrogens (tertiary/aromatic N) is 3. The number of hydrogen-bond acceptors (Lipinski definition) is 6. The molecule has 3 amide bonds. The number of rotatable bonds is 5. The first-order valence-electron chi connectivity index (χ1n) is 11.3. The lowest BCUT2D eigenvalue weighted by Gasteiger charge is -2.32. The Morgan fingerprint density at radius 1 is 1.03 bits per heavy atom. The van der Waals surface area contributed by atoms with E-state index in [9.17, 15) is 14.4 Å². The Kier molecular flexibility index (Phi) is 7.33. The second-order valence-corrected chi connectivity index (χ2v) is 8.98. The number of methoxy groups -OCH3 is 1. The number of halogens is 1. The molecule has 0 spiro atoms. The van der Waals surface area contributed by atoms with Crippen molar-refractivity contribution in [3.8, 4) is 5.75 Å². The molecule has 1 saturated heterocycles. The fourth-order valence-corrected chi connectivity index (χ4v) is 4.58. The van der Waals surface area contributed by atoms with Crippen LogP contribution in [0.5, 0.6) is 5.75 Å². The first-order valence-corrected chi connectivity index (χ1v) is 11.7. The van der Waals surface area contributed by atoms with E-state index >= 15 is 0 Å². The van der Waals surface area contributed by atoms with Crippen LogP contribution >= 0.6 is 11.6 Å². The molecule has 2 aromatic rings. The largest absolute Gasteiger partial charge is 0.497 e. The zero-order valence-corrected chi connectivity index (χ0v) is 19.7. The summed E-state index contributed by atoms with van der Waals surface area (Å²) < 4.78 is 5.24. The molecule has 0 bridgehead atoms. The van der Waals surface area contributed by atoms with Crippen LogP contribution in [0.2, 0.25) is 5.15 Å². The summed E-state index contributed by atoms with van der Waals surface area (Å²) in [6.45, 7) is 0.432. The Bertz CT molecular complexity index is 1060. The quantitative estimate of drug-likeness (QED) is 0.626. The number of aromatic nitrogens is 1. The fraction of sp³-hybridized carbons (Fsp3) is 0.417. The molecule has 1 aliphatic carbocycles. The van der Waals surface area contributed by atoms with Gasteiger partial charge in [-0.15, -0.1) is 0 Å². The number of hydrogen-bond donors (Lipinski definition) is 2. The van der Waals surface area contributed by atoms with Gasteiger partial charge in [-0.05, 0) is 56.0 Å². The summed E-state index contributed by atoms with van der Waals surface area (Å²) in [7, 11) is 1.52. The highest BCUT2D eigenvalue weighted by atomic mass is 35.5. The van der Waals surface area contributed by atoms with E-state index < -0.39 is 12.1 Å². The van der Waals surface area contributed by atoms with Crippen molar-refractivity contribution in [2.24, 2.45) is 5.73 Å². The third kappa shape index (κ3) is 5.15. The number of carbonyl (C=O) groups is 3. The predicted octanol–water partition coefficient (Wildman–Crippen LogP) is 2.05. The zero-order chi connectivity index (χ0) is 24.2.